The van der Waals surface area contributed by atoms with Gasteiger partial charge in [0.25, 0.3) is 0 Å². The van der Waals surface area contributed by atoms with Gasteiger partial charge >= 0.3 is 0 Å². The van der Waals surface area contributed by atoms with E-state index >= 15 is 0 Å². The summed E-state index contributed by atoms with van der Waals surface area (Å²) in [6, 6.07) is 5.17. The van der Waals surface area contributed by atoms with Crippen molar-refractivity contribution < 1.29 is 9.90 Å². The summed E-state index contributed by atoms with van der Waals surface area (Å²) in [5.41, 5.74) is 1.46. The molecule has 1 amide bonds. The van der Waals surface area contributed by atoms with Crippen molar-refractivity contribution in [2.75, 3.05) is 18.4 Å². The lowest BCUT2D eigenvalue weighted by atomic mass is 10.1. The van der Waals surface area contributed by atoms with Gasteiger partial charge in [0, 0.05) is 18.3 Å². The summed E-state index contributed by atoms with van der Waals surface area (Å²) < 4.78 is 0. The Labute approximate surface area is 94.7 Å². The van der Waals surface area contributed by atoms with Gasteiger partial charge < -0.3 is 15.7 Å². The molecule has 4 nitrogen and oxygen atoms in total. The number of carbonyl (C=O) groups is 1. The molecule has 4 heteroatoms. The van der Waals surface area contributed by atoms with E-state index in [4.69, 9.17) is 0 Å². The Bertz CT molecular complexity index is 398. The number of aromatic hydroxyl groups is 1. The van der Waals surface area contributed by atoms with Crippen LogP contribution in [-0.4, -0.2) is 24.1 Å². The number of aryl methyl sites for hydroxylation is 1. The molecular weight excluding hydrogens is 204 g/mol. The fraction of sp³-hybridized carbons (Fsp3) is 0.417. The van der Waals surface area contributed by atoms with Gasteiger partial charge in [0.1, 0.15) is 5.75 Å². The van der Waals surface area contributed by atoms with Crippen molar-refractivity contribution in [2.45, 2.75) is 13.3 Å². The Balaban J connectivity index is 2.02. The topological polar surface area (TPSA) is 61.4 Å². The number of rotatable bonds is 2. The van der Waals surface area contributed by atoms with Gasteiger partial charge in [-0.2, -0.15) is 0 Å². The molecular formula is C12H16N2O2. The molecule has 0 spiro atoms. The maximum absolute atomic E-state index is 11.8. The first-order valence-corrected chi connectivity index (χ1v) is 5.48. The number of anilines is 1. The van der Waals surface area contributed by atoms with Crippen LogP contribution in [0.5, 0.6) is 5.75 Å². The second-order valence-electron chi connectivity index (χ2n) is 4.18. The molecule has 2 rings (SSSR count). The molecule has 16 heavy (non-hydrogen) atoms. The fourth-order valence-electron chi connectivity index (χ4n) is 1.81. The second-order valence-corrected chi connectivity index (χ2v) is 4.18. The molecule has 3 N–H and O–H groups in total. The summed E-state index contributed by atoms with van der Waals surface area (Å²) in [5.74, 6) is 0.277. The van der Waals surface area contributed by atoms with Gasteiger partial charge in [-0.05, 0) is 31.5 Å². The van der Waals surface area contributed by atoms with Crippen LogP contribution in [0.25, 0.3) is 0 Å². The van der Waals surface area contributed by atoms with Crippen molar-refractivity contribution in [1.82, 2.24) is 5.32 Å². The lowest BCUT2D eigenvalue weighted by Crippen LogP contribution is -2.24. The van der Waals surface area contributed by atoms with E-state index in [0.29, 0.717) is 5.69 Å². The third-order valence-electron chi connectivity index (χ3n) is 2.91. The van der Waals surface area contributed by atoms with E-state index in [2.05, 4.69) is 10.6 Å². The average molecular weight is 220 g/mol. The van der Waals surface area contributed by atoms with E-state index in [1.165, 1.54) is 0 Å². The molecule has 0 saturated carbocycles. The highest BCUT2D eigenvalue weighted by Gasteiger charge is 2.22. The normalized spacial score (nSPS) is 19.7. The predicted molar refractivity (Wildman–Crippen MR) is 62.5 cm³/mol. The van der Waals surface area contributed by atoms with Gasteiger partial charge in [0.2, 0.25) is 5.91 Å². The number of amides is 1. The Kier molecular flexibility index (Phi) is 3.10. The Hall–Kier alpha value is -1.55. The van der Waals surface area contributed by atoms with Crippen LogP contribution in [0.3, 0.4) is 0 Å². The molecule has 1 aliphatic heterocycles. The van der Waals surface area contributed by atoms with Crippen LogP contribution in [0, 0.1) is 12.8 Å². The summed E-state index contributed by atoms with van der Waals surface area (Å²) in [4.78, 5) is 11.8. The minimum atomic E-state index is 0.0215. The minimum absolute atomic E-state index is 0.0215. The maximum atomic E-state index is 11.8. The molecule has 1 atom stereocenters. The molecule has 86 valence electrons. The third-order valence-corrected chi connectivity index (χ3v) is 2.91. The highest BCUT2D eigenvalue weighted by molar-refractivity contribution is 5.93. The third kappa shape index (κ3) is 2.33. The molecule has 1 heterocycles. The van der Waals surface area contributed by atoms with E-state index in [1.54, 1.807) is 18.2 Å². The fourth-order valence-corrected chi connectivity index (χ4v) is 1.81. The van der Waals surface area contributed by atoms with Crippen molar-refractivity contribution in [3.8, 4) is 5.75 Å². The van der Waals surface area contributed by atoms with Crippen molar-refractivity contribution in [3.05, 3.63) is 23.8 Å². The van der Waals surface area contributed by atoms with Crippen LogP contribution in [0.4, 0.5) is 5.69 Å². The largest absolute Gasteiger partial charge is 0.508 e. The van der Waals surface area contributed by atoms with Crippen molar-refractivity contribution in [3.63, 3.8) is 0 Å². The number of nitrogens with one attached hydrogen (secondary N) is 2. The van der Waals surface area contributed by atoms with E-state index in [9.17, 15) is 9.90 Å². The van der Waals surface area contributed by atoms with E-state index in [1.807, 2.05) is 6.92 Å². The predicted octanol–water partition coefficient (Wildman–Crippen LogP) is 1.25. The van der Waals surface area contributed by atoms with Gasteiger partial charge in [0.15, 0.2) is 0 Å². The SMILES string of the molecule is Cc1ccc(NC(=O)C2CCNC2)cc1O. The van der Waals surface area contributed by atoms with Crippen LogP contribution in [-0.2, 0) is 4.79 Å². The number of hydrogen-bond donors (Lipinski definition) is 3. The molecule has 1 fully saturated rings. The van der Waals surface area contributed by atoms with Crippen LogP contribution in [0.15, 0.2) is 18.2 Å². The maximum Gasteiger partial charge on any atom is 0.228 e. The van der Waals surface area contributed by atoms with Gasteiger partial charge in [-0.15, -0.1) is 0 Å². The van der Waals surface area contributed by atoms with Crippen LogP contribution in [0.2, 0.25) is 0 Å². The van der Waals surface area contributed by atoms with Crippen molar-refractivity contribution in [2.24, 2.45) is 5.92 Å². The lowest BCUT2D eigenvalue weighted by molar-refractivity contribution is -0.119. The summed E-state index contributed by atoms with van der Waals surface area (Å²) in [6.07, 6.45) is 0.879. The number of phenolic OH excluding ortho intramolecular Hbond substituents is 1. The van der Waals surface area contributed by atoms with Gasteiger partial charge in [-0.3, -0.25) is 4.79 Å². The first kappa shape index (κ1) is 11.0. The van der Waals surface area contributed by atoms with Crippen LogP contribution in [0.1, 0.15) is 12.0 Å². The molecule has 0 aromatic heterocycles. The summed E-state index contributed by atoms with van der Waals surface area (Å²) >= 11 is 0. The van der Waals surface area contributed by atoms with Crippen molar-refractivity contribution in [1.29, 1.82) is 0 Å². The zero-order valence-electron chi connectivity index (χ0n) is 9.29. The number of phenols is 1. The van der Waals surface area contributed by atoms with E-state index < -0.39 is 0 Å². The number of benzene rings is 1. The first-order valence-electron chi connectivity index (χ1n) is 5.48. The molecule has 1 unspecified atom stereocenters. The first-order chi connectivity index (χ1) is 7.66. The molecule has 1 aliphatic rings. The smallest absolute Gasteiger partial charge is 0.228 e. The monoisotopic (exact) mass is 220 g/mol. The number of carbonyl (C=O) groups excluding carboxylic acids is 1. The Morgan fingerprint density at radius 3 is 3.00 bits per heavy atom. The zero-order chi connectivity index (χ0) is 11.5. The number of hydrogen-bond acceptors (Lipinski definition) is 3. The molecule has 0 radical (unpaired) electrons. The van der Waals surface area contributed by atoms with Gasteiger partial charge in [-0.1, -0.05) is 6.07 Å². The van der Waals surface area contributed by atoms with E-state index in [0.717, 1.165) is 25.1 Å². The summed E-state index contributed by atoms with van der Waals surface area (Å²) in [5, 5.41) is 15.5. The zero-order valence-corrected chi connectivity index (χ0v) is 9.29. The van der Waals surface area contributed by atoms with Gasteiger partial charge in [-0.25, -0.2) is 0 Å². The Morgan fingerprint density at radius 2 is 2.38 bits per heavy atom. The molecule has 1 aromatic rings. The van der Waals surface area contributed by atoms with Crippen LogP contribution >= 0.6 is 0 Å². The second kappa shape index (κ2) is 4.53. The molecule has 1 saturated heterocycles. The lowest BCUT2D eigenvalue weighted by Gasteiger charge is -2.10. The van der Waals surface area contributed by atoms with E-state index in [-0.39, 0.29) is 17.6 Å². The standard InChI is InChI=1S/C12H16N2O2/c1-8-2-3-10(6-11(8)15)14-12(16)9-4-5-13-7-9/h2-3,6,9,13,15H,4-5,7H2,1H3,(H,14,16). The molecule has 0 aliphatic carbocycles. The highest BCUT2D eigenvalue weighted by Crippen LogP contribution is 2.21. The van der Waals surface area contributed by atoms with Gasteiger partial charge in [0.05, 0.1) is 5.92 Å². The van der Waals surface area contributed by atoms with Crippen molar-refractivity contribution >= 4 is 11.6 Å². The highest BCUT2D eigenvalue weighted by atomic mass is 16.3. The Morgan fingerprint density at radius 1 is 1.56 bits per heavy atom. The van der Waals surface area contributed by atoms with Crippen LogP contribution < -0.4 is 10.6 Å². The average Bonchev–Trinajstić information content (AvgIpc) is 2.77. The molecule has 0 bridgehead atoms. The quantitative estimate of drug-likeness (QED) is 0.703. The summed E-state index contributed by atoms with van der Waals surface area (Å²) in [7, 11) is 0. The molecule has 1 aromatic carbocycles. The minimum Gasteiger partial charge on any atom is -0.508 e. The summed E-state index contributed by atoms with van der Waals surface area (Å²) in [6.45, 7) is 3.46.